The van der Waals surface area contributed by atoms with Crippen LogP contribution in [0.5, 0.6) is 5.75 Å². The number of carbonyl (C=O) groups is 1. The van der Waals surface area contributed by atoms with E-state index in [1.54, 1.807) is 36.4 Å². The Kier molecular flexibility index (Phi) is 5.88. The van der Waals surface area contributed by atoms with Gasteiger partial charge in [0.2, 0.25) is 5.89 Å². The first-order valence-corrected chi connectivity index (χ1v) is 11.6. The fourth-order valence-electron chi connectivity index (χ4n) is 4.08. The van der Waals surface area contributed by atoms with E-state index >= 15 is 0 Å². The molecule has 5 aromatic rings. The van der Waals surface area contributed by atoms with Crippen LogP contribution in [-0.4, -0.2) is 21.1 Å². The molecule has 1 amide bonds. The van der Waals surface area contributed by atoms with Gasteiger partial charge < -0.3 is 14.8 Å². The van der Waals surface area contributed by atoms with E-state index in [9.17, 15) is 9.90 Å². The normalized spacial score (nSPS) is 11.1. The average Bonchev–Trinajstić information content (AvgIpc) is 3.23. The Bertz CT molecular complexity index is 1640. The summed E-state index contributed by atoms with van der Waals surface area (Å²) >= 11 is 11.6. The van der Waals surface area contributed by atoms with Gasteiger partial charge in [0.15, 0.2) is 10.7 Å². The molecule has 0 saturated carbocycles. The van der Waals surface area contributed by atoms with E-state index in [-0.39, 0.29) is 16.8 Å². The zero-order valence-electron chi connectivity index (χ0n) is 18.8. The third-order valence-electron chi connectivity index (χ3n) is 5.65. The molecular weight excluding hydrogens is 482 g/mol. The van der Waals surface area contributed by atoms with Gasteiger partial charge in [0, 0.05) is 27.7 Å². The molecule has 0 unspecified atom stereocenters. The summed E-state index contributed by atoms with van der Waals surface area (Å²) in [4.78, 5) is 17.4. The number of halogens is 1. The van der Waals surface area contributed by atoms with Gasteiger partial charge in [-0.05, 0) is 72.9 Å². The maximum Gasteiger partial charge on any atom is 0.258 e. The van der Waals surface area contributed by atoms with Gasteiger partial charge in [-0.25, -0.2) is 4.98 Å². The molecule has 174 valence electrons. The number of rotatable bonds is 3. The Morgan fingerprint density at radius 1 is 1.03 bits per heavy atom. The van der Waals surface area contributed by atoms with Crippen molar-refractivity contribution in [2.24, 2.45) is 0 Å². The van der Waals surface area contributed by atoms with E-state index in [0.29, 0.717) is 33.3 Å². The number of benzene rings is 4. The molecule has 0 saturated heterocycles. The quantitative estimate of drug-likeness (QED) is 0.237. The largest absolute Gasteiger partial charge is 0.507 e. The number of thiocarbonyl (C=S) groups is 1. The molecule has 0 fully saturated rings. The number of phenolic OH excluding ortho intramolecular Hbond substituents is 1. The third-order valence-corrected chi connectivity index (χ3v) is 6.18. The van der Waals surface area contributed by atoms with Crippen molar-refractivity contribution in [1.82, 2.24) is 10.3 Å². The predicted octanol–water partition coefficient (Wildman–Crippen LogP) is 6.75. The van der Waals surface area contributed by atoms with Gasteiger partial charge >= 0.3 is 0 Å². The summed E-state index contributed by atoms with van der Waals surface area (Å²) in [6, 6.07) is 19.6. The van der Waals surface area contributed by atoms with E-state index in [2.05, 4.69) is 15.6 Å². The Balaban J connectivity index is 1.34. The fraction of sp³-hybridized carbons (Fsp3) is 0.0741. The molecule has 1 aromatic heterocycles. The van der Waals surface area contributed by atoms with Crippen LogP contribution in [0, 0.1) is 13.8 Å². The van der Waals surface area contributed by atoms with E-state index in [4.69, 9.17) is 28.2 Å². The van der Waals surface area contributed by atoms with Crippen LogP contribution in [0.3, 0.4) is 0 Å². The van der Waals surface area contributed by atoms with Gasteiger partial charge in [-0.3, -0.25) is 10.1 Å². The summed E-state index contributed by atoms with van der Waals surface area (Å²) in [6.45, 7) is 3.95. The van der Waals surface area contributed by atoms with Gasteiger partial charge in [0.25, 0.3) is 5.91 Å². The van der Waals surface area contributed by atoms with Crippen molar-refractivity contribution < 1.29 is 14.3 Å². The summed E-state index contributed by atoms with van der Waals surface area (Å²) in [5.74, 6) is -0.0784. The smallest absolute Gasteiger partial charge is 0.258 e. The number of carbonyl (C=O) groups excluding carboxylic acids is 1. The second kappa shape index (κ2) is 9.02. The Morgan fingerprint density at radius 2 is 1.80 bits per heavy atom. The van der Waals surface area contributed by atoms with Gasteiger partial charge in [-0.2, -0.15) is 0 Å². The minimum absolute atomic E-state index is 0.0336. The molecule has 0 bridgehead atoms. The number of nitrogens with zero attached hydrogens (tertiary/aromatic N) is 1. The first-order chi connectivity index (χ1) is 16.8. The topological polar surface area (TPSA) is 87.4 Å². The van der Waals surface area contributed by atoms with E-state index in [1.807, 2.05) is 38.1 Å². The third kappa shape index (κ3) is 4.43. The van der Waals surface area contributed by atoms with Crippen LogP contribution in [0.1, 0.15) is 21.5 Å². The summed E-state index contributed by atoms with van der Waals surface area (Å²) in [5, 5.41) is 18.4. The number of phenols is 1. The van der Waals surface area contributed by atoms with Gasteiger partial charge in [0.1, 0.15) is 11.3 Å². The van der Waals surface area contributed by atoms with E-state index < -0.39 is 0 Å². The number of aromatic nitrogens is 1. The van der Waals surface area contributed by atoms with Crippen molar-refractivity contribution >= 4 is 62.4 Å². The molecule has 0 aliphatic carbocycles. The number of hydrogen-bond donors (Lipinski definition) is 3. The number of anilines is 1. The zero-order valence-corrected chi connectivity index (χ0v) is 20.4. The van der Waals surface area contributed by atoms with Crippen LogP contribution < -0.4 is 10.6 Å². The number of aromatic hydroxyl groups is 1. The number of aryl methyl sites for hydroxylation is 2. The van der Waals surface area contributed by atoms with Crippen molar-refractivity contribution in [2.75, 3.05) is 5.32 Å². The van der Waals surface area contributed by atoms with Crippen LogP contribution in [0.2, 0.25) is 5.02 Å². The van der Waals surface area contributed by atoms with Gasteiger partial charge in [-0.15, -0.1) is 0 Å². The van der Waals surface area contributed by atoms with Crippen molar-refractivity contribution in [3.63, 3.8) is 0 Å². The molecule has 0 aliphatic rings. The van der Waals surface area contributed by atoms with Crippen molar-refractivity contribution in [1.29, 1.82) is 0 Å². The number of amides is 1. The lowest BCUT2D eigenvalue weighted by molar-refractivity contribution is 0.0979. The van der Waals surface area contributed by atoms with Crippen LogP contribution in [0.15, 0.2) is 71.1 Å². The minimum Gasteiger partial charge on any atom is -0.507 e. The summed E-state index contributed by atoms with van der Waals surface area (Å²) in [5.41, 5.74) is 4.89. The maximum atomic E-state index is 12.9. The summed E-state index contributed by atoms with van der Waals surface area (Å²) < 4.78 is 5.90. The summed E-state index contributed by atoms with van der Waals surface area (Å²) in [6.07, 6.45) is 0. The van der Waals surface area contributed by atoms with E-state index in [0.717, 1.165) is 27.4 Å². The first-order valence-electron chi connectivity index (χ1n) is 10.8. The molecule has 3 N–H and O–H groups in total. The molecule has 8 heteroatoms. The number of nitrogens with one attached hydrogen (secondary N) is 2. The fourth-order valence-corrected chi connectivity index (χ4v) is 4.53. The van der Waals surface area contributed by atoms with Crippen LogP contribution >= 0.6 is 23.8 Å². The lowest BCUT2D eigenvalue weighted by atomic mass is 10.0. The van der Waals surface area contributed by atoms with Gasteiger partial charge in [0.05, 0.1) is 5.56 Å². The second-order valence-corrected chi connectivity index (χ2v) is 9.05. The number of hydrogen-bond acceptors (Lipinski definition) is 5. The molecule has 0 radical (unpaired) electrons. The molecule has 0 aliphatic heterocycles. The molecule has 1 heterocycles. The predicted molar refractivity (Wildman–Crippen MR) is 143 cm³/mol. The Labute approximate surface area is 211 Å². The first kappa shape index (κ1) is 22.8. The highest BCUT2D eigenvalue weighted by Gasteiger charge is 2.16. The highest BCUT2D eigenvalue weighted by atomic mass is 35.5. The molecule has 0 spiro atoms. The Morgan fingerprint density at radius 3 is 2.60 bits per heavy atom. The molecule has 0 atom stereocenters. The van der Waals surface area contributed by atoms with Crippen molar-refractivity contribution in [3.05, 3.63) is 88.4 Å². The number of fused-ring (bicyclic) bond motifs is 2. The molecule has 6 nitrogen and oxygen atoms in total. The van der Waals surface area contributed by atoms with Crippen molar-refractivity contribution in [2.45, 2.75) is 13.8 Å². The Hall–Kier alpha value is -3.94. The highest BCUT2D eigenvalue weighted by molar-refractivity contribution is 7.80. The standard InChI is InChI=1S/C27H20ClN3O3S/c1-14-11-15(2)24-22(12-14)30-26(34-24)20-10-9-16(13-23(20)32)29-27(35)31-25(33)19-7-3-6-18-17(19)5-4-8-21(18)28/h3-13,32H,1-2H3,(H2,29,31,33,35). The lowest BCUT2D eigenvalue weighted by Gasteiger charge is -2.12. The minimum atomic E-state index is -0.367. The van der Waals surface area contributed by atoms with E-state index in [1.165, 1.54) is 6.07 Å². The molecule has 4 aromatic carbocycles. The summed E-state index contributed by atoms with van der Waals surface area (Å²) in [7, 11) is 0. The SMILES string of the molecule is Cc1cc(C)c2oc(-c3ccc(NC(=S)NC(=O)c4cccc5c(Cl)cccc45)cc3O)nc2c1. The monoisotopic (exact) mass is 501 g/mol. The van der Waals surface area contributed by atoms with Crippen LogP contribution in [-0.2, 0) is 0 Å². The zero-order chi connectivity index (χ0) is 24.7. The average molecular weight is 502 g/mol. The van der Waals surface area contributed by atoms with Crippen molar-refractivity contribution in [3.8, 4) is 17.2 Å². The molecular formula is C27H20ClN3O3S. The number of oxazole rings is 1. The second-order valence-electron chi connectivity index (χ2n) is 8.23. The van der Waals surface area contributed by atoms with Crippen LogP contribution in [0.4, 0.5) is 5.69 Å². The highest BCUT2D eigenvalue weighted by Crippen LogP contribution is 2.34. The molecule has 35 heavy (non-hydrogen) atoms. The molecule has 5 rings (SSSR count). The van der Waals surface area contributed by atoms with Crippen LogP contribution in [0.25, 0.3) is 33.3 Å². The van der Waals surface area contributed by atoms with Gasteiger partial charge in [-0.1, -0.05) is 41.9 Å². The lowest BCUT2D eigenvalue weighted by Crippen LogP contribution is -2.34. The maximum absolute atomic E-state index is 12.9.